The van der Waals surface area contributed by atoms with Crippen LogP contribution in [0.2, 0.25) is 11.5 Å². The average Bonchev–Trinajstić information content (AvgIpc) is 2.87. The minimum absolute atomic E-state index is 0.0680. The monoisotopic (exact) mass is 248 g/mol. The Balaban J connectivity index is 2.11. The molecule has 1 fully saturated rings. The van der Waals surface area contributed by atoms with Crippen LogP contribution in [-0.2, 0) is 0 Å². The molecule has 1 saturated heterocycles. The third-order valence-electron chi connectivity index (χ3n) is 5.02. The van der Waals surface area contributed by atoms with Gasteiger partial charge >= 0.3 is 0 Å². The molecular weight excluding hydrogens is 232 g/mol. The second-order valence-electron chi connectivity index (χ2n) is 6.28. The Kier molecular flexibility index (Phi) is 4.91. The molecule has 2 aliphatic heterocycles. The highest BCUT2D eigenvalue weighted by Gasteiger charge is 2.60. The molecule has 12 heteroatoms. The Morgan fingerprint density at radius 1 is 1.00 bits per heavy atom. The van der Waals surface area contributed by atoms with E-state index in [2.05, 4.69) is 43.0 Å². The summed E-state index contributed by atoms with van der Waals surface area (Å²) in [5.41, 5.74) is 0.332. The number of rotatable bonds is 5. The quantitative estimate of drug-likeness (QED) is 0.513. The molecule has 20 heavy (non-hydrogen) atoms. The standard InChI is InChI=1S/C8H14B10N2/c1-6-8(15(16(9)10)18(13)17(11)12)14(6)20-5-4-19(3)7(20)2/h4-8H,1-3H3/t6?,7-,8?/m0/s1. The lowest BCUT2D eigenvalue weighted by atomic mass is 8.62. The predicted molar refractivity (Wildman–Crippen MR) is 98.9 cm³/mol. The molecule has 0 saturated carbocycles. The SMILES string of the molecule is [B]B([B])B([B])B(B([B])[B])C1B(N2C=CN(C)[C@@H]2C)C1C. The summed E-state index contributed by atoms with van der Waals surface area (Å²) in [6, 6.07) is 0. The van der Waals surface area contributed by atoms with Gasteiger partial charge < -0.3 is 9.71 Å². The van der Waals surface area contributed by atoms with E-state index in [4.69, 9.17) is 38.7 Å². The molecular formula is C8H14B10N2. The summed E-state index contributed by atoms with van der Waals surface area (Å²) in [4.78, 5) is 4.52. The van der Waals surface area contributed by atoms with Crippen LogP contribution in [0.25, 0.3) is 0 Å². The summed E-state index contributed by atoms with van der Waals surface area (Å²) in [6.45, 7) is 4.71. The third-order valence-corrected chi connectivity index (χ3v) is 5.02. The second kappa shape index (κ2) is 6.01. The van der Waals surface area contributed by atoms with Crippen LogP contribution in [-0.4, -0.2) is 94.1 Å². The number of hydrogen-bond acceptors (Lipinski definition) is 2. The lowest BCUT2D eigenvalue weighted by molar-refractivity contribution is 0.275. The van der Waals surface area contributed by atoms with Crippen molar-refractivity contribution in [2.24, 2.45) is 0 Å². The van der Waals surface area contributed by atoms with Gasteiger partial charge in [-0.25, -0.2) is 0 Å². The first-order chi connectivity index (χ1) is 9.27. The summed E-state index contributed by atoms with van der Waals surface area (Å²) in [6.07, 6.45) is 3.06. The van der Waals surface area contributed by atoms with Crippen LogP contribution < -0.4 is 0 Å². The van der Waals surface area contributed by atoms with Crippen molar-refractivity contribution in [2.45, 2.75) is 31.5 Å². The van der Waals surface area contributed by atoms with E-state index in [9.17, 15) is 0 Å². The third kappa shape index (κ3) is 2.81. The Bertz CT molecular complexity index is 378. The van der Waals surface area contributed by atoms with Gasteiger partial charge in [0.25, 0.3) is 6.85 Å². The molecule has 3 atom stereocenters. The smallest absolute Gasteiger partial charge is 0.252 e. The van der Waals surface area contributed by atoms with E-state index in [1.807, 2.05) is 0 Å². The van der Waals surface area contributed by atoms with Gasteiger partial charge in [-0.15, -0.1) is 0 Å². The number of nitrogens with zero attached hydrogens (tertiary/aromatic N) is 2. The zero-order valence-corrected chi connectivity index (χ0v) is 12.6. The van der Waals surface area contributed by atoms with Crippen LogP contribution in [0.3, 0.4) is 0 Å². The topological polar surface area (TPSA) is 6.48 Å². The molecule has 0 aromatic heterocycles. The molecule has 0 amide bonds. The van der Waals surface area contributed by atoms with Crippen LogP contribution in [0.5, 0.6) is 0 Å². The molecule has 0 aliphatic carbocycles. The highest BCUT2D eigenvalue weighted by Crippen LogP contribution is 2.54. The predicted octanol–water partition coefficient (Wildman–Crippen LogP) is -2.10. The van der Waals surface area contributed by atoms with E-state index >= 15 is 0 Å². The molecule has 2 heterocycles. The molecule has 0 N–H and O–H groups in total. The normalized spacial score (nSPS) is 27.8. The van der Waals surface area contributed by atoms with E-state index in [0.717, 1.165) is 0 Å². The van der Waals surface area contributed by atoms with Gasteiger partial charge in [-0.1, -0.05) is 18.5 Å². The van der Waals surface area contributed by atoms with Crippen molar-refractivity contribution in [3.63, 3.8) is 0 Å². The maximum Gasteiger partial charge on any atom is 0.252 e. The largest absolute Gasteiger partial charge is 0.401 e. The van der Waals surface area contributed by atoms with Crippen molar-refractivity contribution >= 4 is 71.2 Å². The Morgan fingerprint density at radius 2 is 1.60 bits per heavy atom. The lowest BCUT2D eigenvalue weighted by Crippen LogP contribution is -2.60. The molecule has 0 aromatic carbocycles. The fourth-order valence-electron chi connectivity index (χ4n) is 3.54. The maximum atomic E-state index is 6.13. The van der Waals surface area contributed by atoms with Crippen molar-refractivity contribution in [2.75, 3.05) is 7.05 Å². The van der Waals surface area contributed by atoms with Gasteiger partial charge in [0.15, 0.2) is 0 Å². The fraction of sp³-hybridized carbons (Fsp3) is 0.750. The van der Waals surface area contributed by atoms with Crippen LogP contribution in [0.15, 0.2) is 12.4 Å². The average molecular weight is 246 g/mol. The molecule has 2 aliphatic rings. The van der Waals surface area contributed by atoms with Gasteiger partial charge in [0.05, 0.1) is 6.17 Å². The zero-order chi connectivity index (χ0) is 15.2. The molecule has 2 rings (SSSR count). The highest BCUT2D eigenvalue weighted by molar-refractivity contribution is 7.92. The van der Waals surface area contributed by atoms with E-state index in [0.29, 0.717) is 24.5 Å². The first-order valence-electron chi connectivity index (χ1n) is 7.23. The van der Waals surface area contributed by atoms with Gasteiger partial charge in [-0.3, -0.25) is 0 Å². The summed E-state index contributed by atoms with van der Waals surface area (Å²) in [5, 5.41) is 0. The summed E-state index contributed by atoms with van der Waals surface area (Å²) < 4.78 is 0. The van der Waals surface area contributed by atoms with Crippen molar-refractivity contribution in [1.82, 2.24) is 9.71 Å². The number of hydrogen-bond donors (Lipinski definition) is 0. The Labute approximate surface area is 132 Å². The summed E-state index contributed by atoms with van der Waals surface area (Å²) >= 11 is 0. The molecule has 0 bridgehead atoms. The van der Waals surface area contributed by atoms with Gasteiger partial charge in [-0.05, 0) is 6.92 Å². The zero-order valence-electron chi connectivity index (χ0n) is 12.6. The molecule has 2 unspecified atom stereocenters. The lowest BCUT2D eigenvalue weighted by Gasteiger charge is -2.30. The van der Waals surface area contributed by atoms with E-state index in [1.165, 1.54) is 0 Å². The van der Waals surface area contributed by atoms with Gasteiger partial charge in [-0.2, -0.15) is 0 Å². The van der Waals surface area contributed by atoms with Crippen LogP contribution >= 0.6 is 0 Å². The Hall–Kier alpha value is -0.0106. The highest BCUT2D eigenvalue weighted by atomic mass is 15.3. The van der Waals surface area contributed by atoms with E-state index in [-0.39, 0.29) is 12.9 Å². The van der Waals surface area contributed by atoms with Crippen molar-refractivity contribution in [3.8, 4) is 0 Å². The Morgan fingerprint density at radius 3 is 2.00 bits per heavy atom. The minimum atomic E-state index is -0.600. The first-order valence-corrected chi connectivity index (χ1v) is 7.23. The van der Waals surface area contributed by atoms with Gasteiger partial charge in [0.2, 0.25) is 0 Å². The van der Waals surface area contributed by atoms with Crippen molar-refractivity contribution in [1.29, 1.82) is 0 Å². The molecule has 0 spiro atoms. The van der Waals surface area contributed by atoms with Gasteiger partial charge in [0, 0.05) is 83.8 Å². The summed E-state index contributed by atoms with van der Waals surface area (Å²) in [7, 11) is 31.6. The molecule has 86 valence electrons. The maximum absolute atomic E-state index is 6.13. The molecule has 10 radical (unpaired) electrons. The first kappa shape index (κ1) is 16.4. The van der Waals surface area contributed by atoms with Gasteiger partial charge in [0.1, 0.15) is 0 Å². The second-order valence-corrected chi connectivity index (χ2v) is 6.28. The van der Waals surface area contributed by atoms with E-state index < -0.39 is 12.8 Å². The van der Waals surface area contributed by atoms with Crippen LogP contribution in [0.1, 0.15) is 13.8 Å². The fourth-order valence-corrected chi connectivity index (χ4v) is 3.54. The van der Waals surface area contributed by atoms with Crippen molar-refractivity contribution < 1.29 is 0 Å². The summed E-state index contributed by atoms with van der Waals surface area (Å²) in [5.74, 6) is 0.484. The molecule has 0 aromatic rings. The van der Waals surface area contributed by atoms with Crippen LogP contribution in [0, 0.1) is 0 Å². The minimum Gasteiger partial charge on any atom is -0.401 e. The van der Waals surface area contributed by atoms with Crippen LogP contribution in [0.4, 0.5) is 0 Å². The molecule has 2 nitrogen and oxygen atoms in total. The van der Waals surface area contributed by atoms with E-state index in [1.54, 1.807) is 0 Å². The van der Waals surface area contributed by atoms with Crippen molar-refractivity contribution in [3.05, 3.63) is 12.4 Å².